The molecule has 2 heteroatoms. The van der Waals surface area contributed by atoms with E-state index in [1.807, 2.05) is 0 Å². The molecule has 0 unspecified atom stereocenters. The van der Waals surface area contributed by atoms with E-state index in [9.17, 15) is 0 Å². The lowest BCUT2D eigenvalue weighted by Crippen LogP contribution is -2.18. The van der Waals surface area contributed by atoms with Gasteiger partial charge in [0, 0.05) is 23.5 Å². The largest absolute Gasteiger partial charge is 0.382 e. The van der Waals surface area contributed by atoms with Crippen molar-refractivity contribution < 1.29 is 0 Å². The summed E-state index contributed by atoms with van der Waals surface area (Å²) in [6, 6.07) is 6.01. The lowest BCUT2D eigenvalue weighted by molar-refractivity contribution is 0.751. The average molecular weight is 353 g/mol. The van der Waals surface area contributed by atoms with Crippen molar-refractivity contribution in [3.05, 3.63) is 34.4 Å². The van der Waals surface area contributed by atoms with Crippen molar-refractivity contribution in [2.75, 3.05) is 10.6 Å². The number of nitrogens with one attached hydrogen (secondary N) is 2. The highest BCUT2D eigenvalue weighted by Gasteiger charge is 2.19. The van der Waals surface area contributed by atoms with Crippen LogP contribution >= 0.6 is 0 Å². The second-order valence-corrected chi connectivity index (χ2v) is 8.72. The molecule has 1 aromatic rings. The fraction of sp³-hybridized carbons (Fsp3) is 0.583. The van der Waals surface area contributed by atoms with Crippen LogP contribution in [0.1, 0.15) is 90.2 Å². The highest BCUT2D eigenvalue weighted by atomic mass is 15.0. The molecule has 2 nitrogen and oxygen atoms in total. The molecule has 0 spiro atoms. The summed E-state index contributed by atoms with van der Waals surface area (Å²) in [6.45, 7) is 8.74. The monoisotopic (exact) mass is 352 g/mol. The minimum Gasteiger partial charge on any atom is -0.382 e. The molecule has 0 aromatic heterocycles. The van der Waals surface area contributed by atoms with Crippen LogP contribution in [0.3, 0.4) is 0 Å². The van der Waals surface area contributed by atoms with Crippen LogP contribution in [0.4, 0.5) is 11.4 Å². The zero-order chi connectivity index (χ0) is 18.5. The SMILES string of the molecule is CC(C)=Cc1cc(C=C(C)C)c(NC2CCCC2)cc1NC1CCCC1. The maximum atomic E-state index is 3.86. The fourth-order valence-electron chi connectivity index (χ4n) is 4.33. The molecule has 2 aliphatic rings. The van der Waals surface area contributed by atoms with Gasteiger partial charge in [-0.15, -0.1) is 0 Å². The van der Waals surface area contributed by atoms with Gasteiger partial charge in [0.15, 0.2) is 0 Å². The Labute approximate surface area is 160 Å². The zero-order valence-corrected chi connectivity index (χ0v) is 17.1. The molecule has 0 saturated heterocycles. The summed E-state index contributed by atoms with van der Waals surface area (Å²) in [5, 5.41) is 7.71. The highest BCUT2D eigenvalue weighted by molar-refractivity contribution is 5.80. The maximum Gasteiger partial charge on any atom is 0.0437 e. The smallest absolute Gasteiger partial charge is 0.0437 e. The normalized spacial score (nSPS) is 18.0. The second kappa shape index (κ2) is 8.79. The van der Waals surface area contributed by atoms with Gasteiger partial charge in [-0.2, -0.15) is 0 Å². The van der Waals surface area contributed by atoms with Gasteiger partial charge >= 0.3 is 0 Å². The van der Waals surface area contributed by atoms with Crippen LogP contribution < -0.4 is 10.6 Å². The van der Waals surface area contributed by atoms with Crippen LogP contribution in [0.15, 0.2) is 23.3 Å². The quantitative estimate of drug-likeness (QED) is 0.563. The third-order valence-corrected chi connectivity index (χ3v) is 5.54. The Bertz CT molecular complexity index is 608. The molecule has 0 bridgehead atoms. The summed E-state index contributed by atoms with van der Waals surface area (Å²) < 4.78 is 0. The second-order valence-electron chi connectivity index (χ2n) is 8.72. The zero-order valence-electron chi connectivity index (χ0n) is 17.1. The molecule has 2 fully saturated rings. The number of allylic oxidation sites excluding steroid dienone is 2. The van der Waals surface area contributed by atoms with E-state index in [-0.39, 0.29) is 0 Å². The maximum absolute atomic E-state index is 3.86. The van der Waals surface area contributed by atoms with Gasteiger partial charge in [0.2, 0.25) is 0 Å². The van der Waals surface area contributed by atoms with Crippen molar-refractivity contribution in [1.29, 1.82) is 0 Å². The summed E-state index contributed by atoms with van der Waals surface area (Å²) >= 11 is 0. The van der Waals surface area contributed by atoms with E-state index >= 15 is 0 Å². The number of hydrogen-bond acceptors (Lipinski definition) is 2. The fourth-order valence-corrected chi connectivity index (χ4v) is 4.33. The molecule has 0 aliphatic heterocycles. The van der Waals surface area contributed by atoms with E-state index in [2.05, 4.69) is 62.6 Å². The van der Waals surface area contributed by atoms with Gasteiger partial charge in [-0.05, 0) is 76.6 Å². The van der Waals surface area contributed by atoms with Gasteiger partial charge in [-0.25, -0.2) is 0 Å². The molecule has 3 rings (SSSR count). The Morgan fingerprint density at radius 3 is 1.42 bits per heavy atom. The minimum absolute atomic E-state index is 0.632. The Kier molecular flexibility index (Phi) is 6.45. The van der Waals surface area contributed by atoms with Crippen molar-refractivity contribution in [3.8, 4) is 0 Å². The first-order chi connectivity index (χ1) is 12.5. The van der Waals surface area contributed by atoms with E-state index in [4.69, 9.17) is 0 Å². The summed E-state index contributed by atoms with van der Waals surface area (Å²) in [6.07, 6.45) is 15.3. The van der Waals surface area contributed by atoms with Gasteiger partial charge < -0.3 is 10.6 Å². The predicted molar refractivity (Wildman–Crippen MR) is 117 cm³/mol. The predicted octanol–water partition coefficient (Wildman–Crippen LogP) is 7.24. The van der Waals surface area contributed by atoms with Crippen molar-refractivity contribution in [3.63, 3.8) is 0 Å². The Hall–Kier alpha value is -1.70. The molecule has 0 atom stereocenters. The molecule has 0 heterocycles. The Balaban J connectivity index is 1.98. The van der Waals surface area contributed by atoms with Crippen molar-refractivity contribution >= 4 is 23.5 Å². The molecule has 142 valence electrons. The number of rotatable bonds is 6. The van der Waals surface area contributed by atoms with Crippen LogP contribution in [0.5, 0.6) is 0 Å². The van der Waals surface area contributed by atoms with Crippen LogP contribution in [0.25, 0.3) is 12.2 Å². The van der Waals surface area contributed by atoms with Gasteiger partial charge in [-0.3, -0.25) is 0 Å². The van der Waals surface area contributed by atoms with Crippen molar-refractivity contribution in [2.24, 2.45) is 0 Å². The van der Waals surface area contributed by atoms with E-state index < -0.39 is 0 Å². The van der Waals surface area contributed by atoms with Gasteiger partial charge in [0.05, 0.1) is 0 Å². The molecule has 1 aromatic carbocycles. The van der Waals surface area contributed by atoms with Crippen LogP contribution in [0, 0.1) is 0 Å². The lowest BCUT2D eigenvalue weighted by Gasteiger charge is -2.22. The molecule has 2 N–H and O–H groups in total. The molecule has 2 aliphatic carbocycles. The standard InChI is InChI=1S/C24H36N2/c1-17(2)13-19-15-20(14-18(3)4)24(26-22-11-7-8-12-22)16-23(19)25-21-9-5-6-10-21/h13-16,21-22,25-26H,5-12H2,1-4H3. The topological polar surface area (TPSA) is 24.1 Å². The molecule has 26 heavy (non-hydrogen) atoms. The third-order valence-electron chi connectivity index (χ3n) is 5.54. The molecule has 0 radical (unpaired) electrons. The van der Waals surface area contributed by atoms with Crippen LogP contribution in [-0.2, 0) is 0 Å². The molecule has 0 amide bonds. The first-order valence-electron chi connectivity index (χ1n) is 10.5. The van der Waals surface area contributed by atoms with Gasteiger partial charge in [0.25, 0.3) is 0 Å². The van der Waals surface area contributed by atoms with Gasteiger partial charge in [-0.1, -0.05) is 49.0 Å². The summed E-state index contributed by atoms with van der Waals surface area (Å²) in [5.41, 5.74) is 7.93. The first-order valence-corrected chi connectivity index (χ1v) is 10.5. The number of hydrogen-bond donors (Lipinski definition) is 2. The van der Waals surface area contributed by atoms with E-state index in [1.54, 1.807) is 0 Å². The lowest BCUT2D eigenvalue weighted by atomic mass is 10.0. The number of anilines is 2. The third kappa shape index (κ3) is 5.16. The Morgan fingerprint density at radius 1 is 0.692 bits per heavy atom. The summed E-state index contributed by atoms with van der Waals surface area (Å²) in [7, 11) is 0. The summed E-state index contributed by atoms with van der Waals surface area (Å²) in [5.74, 6) is 0. The van der Waals surface area contributed by atoms with E-state index in [1.165, 1.54) is 85.0 Å². The van der Waals surface area contributed by atoms with E-state index in [0.29, 0.717) is 12.1 Å². The molecular formula is C24H36N2. The van der Waals surface area contributed by atoms with Crippen LogP contribution in [0.2, 0.25) is 0 Å². The molecule has 2 saturated carbocycles. The Morgan fingerprint density at radius 2 is 1.08 bits per heavy atom. The van der Waals surface area contributed by atoms with Gasteiger partial charge in [0.1, 0.15) is 0 Å². The van der Waals surface area contributed by atoms with Crippen molar-refractivity contribution in [1.82, 2.24) is 0 Å². The average Bonchev–Trinajstić information content (AvgIpc) is 3.24. The van der Waals surface area contributed by atoms with Crippen molar-refractivity contribution in [2.45, 2.75) is 91.1 Å². The van der Waals surface area contributed by atoms with E-state index in [0.717, 1.165) is 0 Å². The first kappa shape index (κ1) is 19.1. The molecular weight excluding hydrogens is 316 g/mol. The summed E-state index contributed by atoms with van der Waals surface area (Å²) in [4.78, 5) is 0. The number of benzene rings is 1. The minimum atomic E-state index is 0.632. The highest BCUT2D eigenvalue weighted by Crippen LogP contribution is 2.33. The van der Waals surface area contributed by atoms with Crippen LogP contribution in [-0.4, -0.2) is 12.1 Å².